The zero-order chi connectivity index (χ0) is 12.0. The van der Waals surface area contributed by atoms with Gasteiger partial charge < -0.3 is 5.11 Å². The minimum Gasteiger partial charge on any atom is -0.395 e. The van der Waals surface area contributed by atoms with Crippen molar-refractivity contribution in [2.24, 2.45) is 0 Å². The van der Waals surface area contributed by atoms with Gasteiger partial charge in [-0.05, 0) is 23.8 Å². The van der Waals surface area contributed by atoms with E-state index in [-0.39, 0.29) is 13.2 Å². The van der Waals surface area contributed by atoms with E-state index in [1.807, 2.05) is 12.1 Å². The van der Waals surface area contributed by atoms with Crippen molar-refractivity contribution in [2.75, 3.05) is 13.2 Å². The van der Waals surface area contributed by atoms with Crippen LogP contribution < -0.4 is 4.72 Å². The third-order valence-electron chi connectivity index (χ3n) is 1.72. The van der Waals surface area contributed by atoms with Crippen molar-refractivity contribution < 1.29 is 13.5 Å². The molecule has 0 saturated carbocycles. The van der Waals surface area contributed by atoms with E-state index in [9.17, 15) is 8.42 Å². The molecule has 0 spiro atoms. The Morgan fingerprint density at radius 1 is 1.31 bits per heavy atom. The fourth-order valence-corrected chi connectivity index (χ4v) is 2.05. The first kappa shape index (κ1) is 13.4. The lowest BCUT2D eigenvalue weighted by molar-refractivity contribution is 0.301. The molecule has 0 amide bonds. The van der Waals surface area contributed by atoms with E-state index in [1.165, 1.54) is 6.08 Å². The molecule has 6 heteroatoms. The van der Waals surface area contributed by atoms with E-state index < -0.39 is 10.0 Å². The maximum atomic E-state index is 11.3. The molecule has 1 aromatic rings. The predicted molar refractivity (Wildman–Crippen MR) is 67.2 cm³/mol. The van der Waals surface area contributed by atoms with Gasteiger partial charge >= 0.3 is 0 Å². The first-order chi connectivity index (χ1) is 7.53. The second-order valence-electron chi connectivity index (χ2n) is 3.02. The van der Waals surface area contributed by atoms with Gasteiger partial charge in [-0.2, -0.15) is 0 Å². The highest BCUT2D eigenvalue weighted by atomic mass is 79.9. The Labute approximate surface area is 103 Å². The Hall–Kier alpha value is -0.690. The summed E-state index contributed by atoms with van der Waals surface area (Å²) in [6.45, 7) is -0.196. The van der Waals surface area contributed by atoms with Crippen molar-refractivity contribution in [3.05, 3.63) is 39.7 Å². The van der Waals surface area contributed by atoms with E-state index in [4.69, 9.17) is 5.11 Å². The minimum absolute atomic E-state index is 0.0208. The van der Waals surface area contributed by atoms with Crippen molar-refractivity contribution in [3.8, 4) is 0 Å². The molecule has 2 N–H and O–H groups in total. The summed E-state index contributed by atoms with van der Waals surface area (Å²) in [7, 11) is -3.45. The average molecular weight is 306 g/mol. The smallest absolute Gasteiger partial charge is 0.233 e. The van der Waals surface area contributed by atoms with Gasteiger partial charge in [0.05, 0.1) is 6.61 Å². The highest BCUT2D eigenvalue weighted by molar-refractivity contribution is 9.10. The van der Waals surface area contributed by atoms with Crippen molar-refractivity contribution in [1.82, 2.24) is 4.72 Å². The van der Waals surface area contributed by atoms with Gasteiger partial charge in [0.25, 0.3) is 0 Å². The van der Waals surface area contributed by atoms with Gasteiger partial charge in [0, 0.05) is 16.4 Å². The molecule has 0 radical (unpaired) electrons. The molecule has 1 rings (SSSR count). The van der Waals surface area contributed by atoms with Crippen LogP contribution in [0.15, 0.2) is 34.1 Å². The van der Waals surface area contributed by atoms with Crippen LogP contribution >= 0.6 is 15.9 Å². The minimum atomic E-state index is -3.45. The zero-order valence-corrected chi connectivity index (χ0v) is 10.8. The molecule has 0 atom stereocenters. The van der Waals surface area contributed by atoms with Crippen LogP contribution in [-0.2, 0) is 10.0 Å². The summed E-state index contributed by atoms with van der Waals surface area (Å²) in [5.41, 5.74) is 0.789. The third kappa shape index (κ3) is 4.89. The molecule has 0 aliphatic rings. The lowest BCUT2D eigenvalue weighted by Crippen LogP contribution is -2.24. The van der Waals surface area contributed by atoms with Crippen LogP contribution in [0.25, 0.3) is 6.08 Å². The van der Waals surface area contributed by atoms with Crippen LogP contribution in [0.4, 0.5) is 0 Å². The Bertz CT molecular complexity index is 453. The maximum Gasteiger partial charge on any atom is 0.233 e. The van der Waals surface area contributed by atoms with Crippen molar-refractivity contribution in [2.45, 2.75) is 0 Å². The summed E-state index contributed by atoms with van der Waals surface area (Å²) in [5.74, 6) is 0. The molecule has 88 valence electrons. The fraction of sp³-hybridized carbons (Fsp3) is 0.200. The van der Waals surface area contributed by atoms with Gasteiger partial charge in [-0.3, -0.25) is 0 Å². The third-order valence-corrected chi connectivity index (χ3v) is 3.35. The summed E-state index contributed by atoms with van der Waals surface area (Å²) in [4.78, 5) is 0. The topological polar surface area (TPSA) is 66.4 Å². The fourth-order valence-electron chi connectivity index (χ4n) is 0.978. The molecule has 0 fully saturated rings. The van der Waals surface area contributed by atoms with E-state index >= 15 is 0 Å². The Morgan fingerprint density at radius 3 is 2.50 bits per heavy atom. The summed E-state index contributed by atoms with van der Waals surface area (Å²) in [6.07, 6.45) is 1.49. The summed E-state index contributed by atoms with van der Waals surface area (Å²) >= 11 is 3.29. The molecule has 0 unspecified atom stereocenters. The Kier molecular flexibility index (Phi) is 5.14. The highest BCUT2D eigenvalue weighted by Crippen LogP contribution is 2.11. The normalized spacial score (nSPS) is 12.1. The van der Waals surface area contributed by atoms with E-state index in [2.05, 4.69) is 20.7 Å². The molecule has 0 aromatic heterocycles. The lowest BCUT2D eigenvalue weighted by Gasteiger charge is -1.99. The van der Waals surface area contributed by atoms with Gasteiger partial charge in [-0.25, -0.2) is 13.1 Å². The molecular formula is C10H12BrNO3S. The molecule has 4 nitrogen and oxygen atoms in total. The number of hydrogen-bond acceptors (Lipinski definition) is 3. The number of sulfonamides is 1. The van der Waals surface area contributed by atoms with Crippen molar-refractivity contribution in [1.29, 1.82) is 0 Å². The Morgan fingerprint density at radius 2 is 1.94 bits per heavy atom. The molecular weight excluding hydrogens is 294 g/mol. The van der Waals surface area contributed by atoms with Gasteiger partial charge in [0.15, 0.2) is 0 Å². The lowest BCUT2D eigenvalue weighted by atomic mass is 10.2. The zero-order valence-electron chi connectivity index (χ0n) is 8.43. The van der Waals surface area contributed by atoms with E-state index in [1.54, 1.807) is 12.1 Å². The number of halogens is 1. The number of hydrogen-bond donors (Lipinski definition) is 2. The van der Waals surface area contributed by atoms with Gasteiger partial charge in [0.2, 0.25) is 10.0 Å². The molecule has 0 aliphatic heterocycles. The van der Waals surface area contributed by atoms with Gasteiger partial charge in [0.1, 0.15) is 0 Å². The summed E-state index contributed by atoms with van der Waals surface area (Å²) in [5, 5.41) is 9.56. The predicted octanol–water partition coefficient (Wildman–Crippen LogP) is 1.33. The van der Waals surface area contributed by atoms with Crippen LogP contribution in [0.1, 0.15) is 5.56 Å². The highest BCUT2D eigenvalue weighted by Gasteiger charge is 2.02. The second kappa shape index (κ2) is 6.15. The first-order valence-corrected chi connectivity index (χ1v) is 6.91. The second-order valence-corrected chi connectivity index (χ2v) is 5.58. The Balaban J connectivity index is 2.69. The molecule has 0 saturated heterocycles. The summed E-state index contributed by atoms with van der Waals surface area (Å²) in [6, 6.07) is 7.24. The van der Waals surface area contributed by atoms with E-state index in [0.717, 1.165) is 15.4 Å². The van der Waals surface area contributed by atoms with Crippen LogP contribution in [0, 0.1) is 0 Å². The first-order valence-electron chi connectivity index (χ1n) is 4.58. The van der Waals surface area contributed by atoms with Crippen LogP contribution in [0.5, 0.6) is 0 Å². The standard InChI is InChI=1S/C10H12BrNO3S/c11-10-3-1-9(2-4-10)5-8-16(14,15)12-6-7-13/h1-5,8,12-13H,6-7H2/b8-5+. The summed E-state index contributed by atoms with van der Waals surface area (Å²) < 4.78 is 25.8. The van der Waals surface area contributed by atoms with Crippen LogP contribution in [0.2, 0.25) is 0 Å². The number of aliphatic hydroxyl groups excluding tert-OH is 1. The molecule has 16 heavy (non-hydrogen) atoms. The molecule has 0 bridgehead atoms. The van der Waals surface area contributed by atoms with Gasteiger partial charge in [-0.15, -0.1) is 0 Å². The van der Waals surface area contributed by atoms with E-state index in [0.29, 0.717) is 0 Å². The number of rotatable bonds is 5. The molecule has 1 aromatic carbocycles. The van der Waals surface area contributed by atoms with Crippen molar-refractivity contribution in [3.63, 3.8) is 0 Å². The monoisotopic (exact) mass is 305 g/mol. The SMILES string of the molecule is O=S(=O)(/C=C/c1ccc(Br)cc1)NCCO. The maximum absolute atomic E-state index is 11.3. The number of benzene rings is 1. The van der Waals surface area contributed by atoms with Gasteiger partial charge in [-0.1, -0.05) is 28.1 Å². The largest absolute Gasteiger partial charge is 0.395 e. The van der Waals surface area contributed by atoms with Crippen LogP contribution in [-0.4, -0.2) is 26.7 Å². The molecule has 0 aliphatic carbocycles. The number of aliphatic hydroxyl groups is 1. The van der Waals surface area contributed by atoms with Crippen LogP contribution in [0.3, 0.4) is 0 Å². The average Bonchev–Trinajstić information content (AvgIpc) is 2.26. The molecule has 0 heterocycles. The number of nitrogens with one attached hydrogen (secondary N) is 1. The quantitative estimate of drug-likeness (QED) is 0.862. The van der Waals surface area contributed by atoms with Crippen molar-refractivity contribution >= 4 is 32.0 Å².